The number of piperidine rings is 1. The minimum Gasteiger partial charge on any atom is -0.391 e. The summed E-state index contributed by atoms with van der Waals surface area (Å²) in [6, 6.07) is 10.6. The molecular weight excluding hydrogens is 461 g/mol. The van der Waals surface area contributed by atoms with Crippen molar-refractivity contribution in [3.05, 3.63) is 74.1 Å². The van der Waals surface area contributed by atoms with E-state index in [1.807, 2.05) is 30.3 Å². The van der Waals surface area contributed by atoms with Gasteiger partial charge in [-0.2, -0.15) is 18.2 Å². The molecule has 0 atom stereocenters. The third-order valence-corrected chi connectivity index (χ3v) is 6.26. The zero-order chi connectivity index (χ0) is 23.6. The lowest BCUT2D eigenvalue weighted by molar-refractivity contribution is -0.383. The Labute approximate surface area is 189 Å². The number of aromatic nitrogens is 1. The van der Waals surface area contributed by atoms with Crippen LogP contribution in [0.25, 0.3) is 10.1 Å². The summed E-state index contributed by atoms with van der Waals surface area (Å²) in [5.74, 6) is 0. The molecule has 1 aliphatic rings. The highest BCUT2D eigenvalue weighted by atomic mass is 32.1. The minimum absolute atomic E-state index is 0.131. The van der Waals surface area contributed by atoms with Gasteiger partial charge in [-0.3, -0.25) is 14.9 Å². The molecule has 0 aliphatic carbocycles. The van der Waals surface area contributed by atoms with E-state index in [9.17, 15) is 28.1 Å². The Bertz CT molecular complexity index is 1270. The lowest BCUT2D eigenvalue weighted by Crippen LogP contribution is -2.35. The van der Waals surface area contributed by atoms with E-state index in [1.165, 1.54) is 0 Å². The third kappa shape index (κ3) is 5.11. The van der Waals surface area contributed by atoms with Crippen molar-refractivity contribution < 1.29 is 22.9 Å². The van der Waals surface area contributed by atoms with E-state index >= 15 is 0 Å². The molecule has 0 saturated carbocycles. The molecule has 1 saturated heterocycles. The van der Waals surface area contributed by atoms with Crippen LogP contribution < -0.4 is 10.5 Å². The molecule has 0 bridgehead atoms. The zero-order valence-electron chi connectivity index (χ0n) is 17.0. The molecule has 2 aromatic carbocycles. The molecule has 12 heteroatoms. The highest BCUT2D eigenvalue weighted by molar-refractivity contribution is 7.22. The Kier molecular flexibility index (Phi) is 6.27. The van der Waals surface area contributed by atoms with Gasteiger partial charge in [-0.25, -0.2) is 0 Å². The summed E-state index contributed by atoms with van der Waals surface area (Å²) in [6.07, 6.45) is -3.76. The quantitative estimate of drug-likeness (QED) is 0.388. The molecule has 3 aromatic rings. The molecule has 0 amide bonds. The molecule has 8 nitrogen and oxygen atoms in total. The maximum Gasteiger partial charge on any atom is 0.416 e. The summed E-state index contributed by atoms with van der Waals surface area (Å²) < 4.78 is 39.2. The highest BCUT2D eigenvalue weighted by Gasteiger charge is 2.34. The second-order valence-electron chi connectivity index (χ2n) is 7.33. The Morgan fingerprint density at radius 3 is 2.52 bits per heavy atom. The Morgan fingerprint density at radius 1 is 1.18 bits per heavy atom. The number of halogens is 3. The summed E-state index contributed by atoms with van der Waals surface area (Å²) in [5.41, 5.74) is -1.14. The van der Waals surface area contributed by atoms with Gasteiger partial charge in [0.25, 0.3) is 11.2 Å². The SMILES string of the molecule is O=c1nc(N2CCC(=NOCc3ccccc3)CC2)sc2c([N+](=O)[O-])cc(C(F)(F)F)cc12. The van der Waals surface area contributed by atoms with Gasteiger partial charge in [0.15, 0.2) is 5.13 Å². The fourth-order valence-corrected chi connectivity index (χ4v) is 4.51. The van der Waals surface area contributed by atoms with Crippen molar-refractivity contribution in [2.45, 2.75) is 25.6 Å². The van der Waals surface area contributed by atoms with E-state index < -0.39 is 33.3 Å². The van der Waals surface area contributed by atoms with Crippen molar-refractivity contribution in [2.75, 3.05) is 18.0 Å². The average Bonchev–Trinajstić information content (AvgIpc) is 2.79. The predicted octanol–water partition coefficient (Wildman–Crippen LogP) is 4.76. The smallest absolute Gasteiger partial charge is 0.391 e. The first-order chi connectivity index (χ1) is 15.7. The Balaban J connectivity index is 1.53. The van der Waals surface area contributed by atoms with Crippen LogP contribution in [0.5, 0.6) is 0 Å². The molecular formula is C21H17F3N4O4S. The summed E-state index contributed by atoms with van der Waals surface area (Å²) in [5, 5.41) is 15.4. The van der Waals surface area contributed by atoms with Crippen LogP contribution in [0.4, 0.5) is 24.0 Å². The fourth-order valence-electron chi connectivity index (χ4n) is 3.40. The van der Waals surface area contributed by atoms with Crippen LogP contribution >= 0.6 is 11.3 Å². The van der Waals surface area contributed by atoms with Crippen molar-refractivity contribution in [2.24, 2.45) is 5.16 Å². The fraction of sp³-hybridized carbons (Fsp3) is 0.286. The highest BCUT2D eigenvalue weighted by Crippen LogP contribution is 2.38. The number of benzene rings is 2. The monoisotopic (exact) mass is 478 g/mol. The largest absolute Gasteiger partial charge is 0.416 e. The summed E-state index contributed by atoms with van der Waals surface area (Å²) in [6.45, 7) is 1.22. The molecule has 33 heavy (non-hydrogen) atoms. The molecule has 0 N–H and O–H groups in total. The number of rotatable bonds is 5. The first kappa shape index (κ1) is 22.6. The second-order valence-corrected chi connectivity index (χ2v) is 8.31. The summed E-state index contributed by atoms with van der Waals surface area (Å²) >= 11 is 0.833. The van der Waals surface area contributed by atoms with Gasteiger partial charge in [0, 0.05) is 32.0 Å². The van der Waals surface area contributed by atoms with Gasteiger partial charge < -0.3 is 9.74 Å². The normalized spacial score (nSPS) is 14.4. The summed E-state index contributed by atoms with van der Waals surface area (Å²) in [7, 11) is 0. The van der Waals surface area contributed by atoms with Gasteiger partial charge in [0.1, 0.15) is 11.3 Å². The van der Waals surface area contributed by atoms with Crippen LogP contribution in [0, 0.1) is 10.1 Å². The first-order valence-corrected chi connectivity index (χ1v) is 10.7. The maximum atomic E-state index is 13.1. The number of hydrogen-bond donors (Lipinski definition) is 0. The molecule has 4 rings (SSSR count). The van der Waals surface area contributed by atoms with Crippen molar-refractivity contribution in [1.29, 1.82) is 0 Å². The number of hydrogen-bond acceptors (Lipinski definition) is 8. The molecule has 172 valence electrons. The van der Waals surface area contributed by atoms with Crippen molar-refractivity contribution in [3.63, 3.8) is 0 Å². The average molecular weight is 478 g/mol. The molecule has 0 radical (unpaired) electrons. The van der Waals surface area contributed by atoms with Crippen molar-refractivity contribution >= 4 is 38.0 Å². The van der Waals surface area contributed by atoms with Crippen molar-refractivity contribution in [3.8, 4) is 0 Å². The van der Waals surface area contributed by atoms with Crippen LogP contribution in [-0.2, 0) is 17.6 Å². The van der Waals surface area contributed by atoms with Gasteiger partial charge in [-0.05, 0) is 11.6 Å². The van der Waals surface area contributed by atoms with E-state index in [0.717, 1.165) is 22.6 Å². The second kappa shape index (κ2) is 9.14. The number of nitro groups is 1. The minimum atomic E-state index is -4.82. The Morgan fingerprint density at radius 2 is 1.88 bits per heavy atom. The van der Waals surface area contributed by atoms with Gasteiger partial charge in [-0.1, -0.05) is 46.8 Å². The molecule has 1 aliphatic heterocycles. The number of nitrogens with zero attached hydrogens (tertiary/aromatic N) is 4. The standard InChI is InChI=1S/C21H17F3N4O4S/c22-21(23,24)14-10-16-18(17(11-14)28(30)31)33-20(25-19(16)29)27-8-6-15(7-9-27)26-32-12-13-4-2-1-3-5-13/h1-5,10-11H,6-9,12H2. The molecule has 1 aromatic heterocycles. The van der Waals surface area contributed by atoms with Crippen LogP contribution in [0.2, 0.25) is 0 Å². The van der Waals surface area contributed by atoms with Crippen molar-refractivity contribution in [1.82, 2.24) is 4.98 Å². The number of alkyl halides is 3. The lowest BCUT2D eigenvalue weighted by atomic mass is 10.1. The molecule has 2 heterocycles. The maximum absolute atomic E-state index is 13.1. The topological polar surface area (TPSA) is 97.9 Å². The molecule has 1 fully saturated rings. The lowest BCUT2D eigenvalue weighted by Gasteiger charge is -2.27. The number of non-ortho nitro benzene ring substituents is 1. The molecule has 0 spiro atoms. The van der Waals surface area contributed by atoms with Crippen LogP contribution in [-0.4, -0.2) is 28.7 Å². The van der Waals surface area contributed by atoms with Gasteiger partial charge >= 0.3 is 6.18 Å². The number of anilines is 1. The van der Waals surface area contributed by atoms with Crippen LogP contribution in [0.3, 0.4) is 0 Å². The van der Waals surface area contributed by atoms with E-state index in [1.54, 1.807) is 4.90 Å². The number of fused-ring (bicyclic) bond motifs is 1. The third-order valence-electron chi connectivity index (χ3n) is 5.09. The number of oxime groups is 1. The van der Waals surface area contributed by atoms with E-state index in [4.69, 9.17) is 4.84 Å². The van der Waals surface area contributed by atoms with Crippen LogP contribution in [0.15, 0.2) is 52.4 Å². The number of nitro benzene ring substituents is 1. The van der Waals surface area contributed by atoms with Gasteiger partial charge in [0.05, 0.1) is 21.6 Å². The van der Waals surface area contributed by atoms with E-state index in [0.29, 0.717) is 44.7 Å². The zero-order valence-corrected chi connectivity index (χ0v) is 17.9. The van der Waals surface area contributed by atoms with Gasteiger partial charge in [0.2, 0.25) is 0 Å². The van der Waals surface area contributed by atoms with E-state index in [2.05, 4.69) is 10.1 Å². The first-order valence-electron chi connectivity index (χ1n) is 9.89. The van der Waals surface area contributed by atoms with E-state index in [-0.39, 0.29) is 9.83 Å². The Hall–Kier alpha value is -3.54. The molecule has 0 unspecified atom stereocenters. The van der Waals surface area contributed by atoms with Crippen LogP contribution in [0.1, 0.15) is 24.0 Å². The summed E-state index contributed by atoms with van der Waals surface area (Å²) in [4.78, 5) is 34.0. The predicted molar refractivity (Wildman–Crippen MR) is 118 cm³/mol. The van der Waals surface area contributed by atoms with Gasteiger partial charge in [-0.15, -0.1) is 0 Å².